The maximum absolute atomic E-state index is 6.09. The van der Waals surface area contributed by atoms with E-state index in [9.17, 15) is 0 Å². The average molecular weight is 308 g/mol. The van der Waals surface area contributed by atoms with Gasteiger partial charge in [-0.1, -0.05) is 11.5 Å². The van der Waals surface area contributed by atoms with E-state index in [2.05, 4.69) is 72.0 Å². The summed E-state index contributed by atoms with van der Waals surface area (Å²) in [6.07, 6.45) is 6.82. The van der Waals surface area contributed by atoms with Gasteiger partial charge in [-0.3, -0.25) is 0 Å². The molecule has 0 aliphatic carbocycles. The molecule has 2 aromatic rings. The molecule has 2 aromatic heterocycles. The van der Waals surface area contributed by atoms with Crippen molar-refractivity contribution in [3.63, 3.8) is 0 Å². The lowest BCUT2D eigenvalue weighted by atomic mass is 9.61. The molecule has 0 saturated carbocycles. The first kappa shape index (κ1) is 14.2. The zero-order valence-electron chi connectivity index (χ0n) is 14.2. The molecule has 4 heterocycles. The number of anilines is 1. The molecule has 0 fully saturated rings. The van der Waals surface area contributed by atoms with E-state index in [-0.39, 0.29) is 6.98 Å². The fourth-order valence-corrected chi connectivity index (χ4v) is 3.56. The van der Waals surface area contributed by atoms with Gasteiger partial charge >= 0.3 is 6.98 Å². The molecule has 0 aromatic carbocycles. The Balaban J connectivity index is 1.82. The molecule has 0 bridgehead atoms. The molecule has 2 aliphatic rings. The van der Waals surface area contributed by atoms with Gasteiger partial charge in [0, 0.05) is 36.1 Å². The smallest absolute Gasteiger partial charge is 0.410 e. The van der Waals surface area contributed by atoms with Crippen molar-refractivity contribution in [1.29, 1.82) is 0 Å². The first-order valence-electron chi connectivity index (χ1n) is 7.96. The van der Waals surface area contributed by atoms with Crippen molar-refractivity contribution >= 4 is 30.0 Å². The number of pyridine rings is 1. The predicted octanol–water partition coefficient (Wildman–Crippen LogP) is 3.08. The van der Waals surface area contributed by atoms with E-state index in [0.29, 0.717) is 11.9 Å². The number of furan rings is 1. The molecular weight excluding hydrogens is 287 g/mol. The Morgan fingerprint density at radius 2 is 1.96 bits per heavy atom. The van der Waals surface area contributed by atoms with Crippen LogP contribution in [0.5, 0.6) is 0 Å². The minimum absolute atomic E-state index is 0.153. The van der Waals surface area contributed by atoms with Gasteiger partial charge in [0.1, 0.15) is 0 Å². The maximum atomic E-state index is 6.09. The number of aromatic nitrogens is 1. The van der Waals surface area contributed by atoms with Crippen molar-refractivity contribution in [2.24, 2.45) is 0 Å². The highest BCUT2D eigenvalue weighted by molar-refractivity contribution is 6.69. The highest BCUT2D eigenvalue weighted by Crippen LogP contribution is 2.39. The fourth-order valence-electron chi connectivity index (χ4n) is 3.56. The highest BCUT2D eigenvalue weighted by atomic mass is 16.4. The van der Waals surface area contributed by atoms with Gasteiger partial charge in [0.2, 0.25) is 5.71 Å². The van der Waals surface area contributed by atoms with Crippen LogP contribution >= 0.6 is 0 Å². The first-order valence-corrected chi connectivity index (χ1v) is 7.96. The number of aryl methyl sites for hydroxylation is 1. The second kappa shape index (κ2) is 4.81. The van der Waals surface area contributed by atoms with Crippen LogP contribution in [0.3, 0.4) is 0 Å². The average Bonchev–Trinajstić information content (AvgIpc) is 3.02. The summed E-state index contributed by atoms with van der Waals surface area (Å²) in [6, 6.07) is 4.14. The molecule has 118 valence electrons. The van der Waals surface area contributed by atoms with Crippen LogP contribution in [0, 0.1) is 6.92 Å². The Morgan fingerprint density at radius 1 is 1.17 bits per heavy atom. The van der Waals surface area contributed by atoms with E-state index in [1.165, 1.54) is 5.47 Å². The summed E-state index contributed by atoms with van der Waals surface area (Å²) in [5.41, 5.74) is 4.12. The normalized spacial score (nSPS) is 20.6. The van der Waals surface area contributed by atoms with Gasteiger partial charge in [0.25, 0.3) is 0 Å². The second-order valence-corrected chi connectivity index (χ2v) is 6.54. The van der Waals surface area contributed by atoms with Crippen molar-refractivity contribution < 1.29 is 4.42 Å². The standard InChI is InChI=1S/C17H21BN4O/c1-11-10-15-14-7-6-12(2)19-16(14)23-17(15)21(5)18(11)22-9-8-20(4)13(22)3/h6-10,13H,1-5H3/t13-/m0/s1. The summed E-state index contributed by atoms with van der Waals surface area (Å²) in [5.74, 6) is 0.892. The number of hydrogen-bond acceptors (Lipinski definition) is 5. The summed E-state index contributed by atoms with van der Waals surface area (Å²) >= 11 is 0. The molecule has 0 saturated heterocycles. The zero-order chi connectivity index (χ0) is 16.3. The van der Waals surface area contributed by atoms with Crippen molar-refractivity contribution in [2.45, 2.75) is 26.9 Å². The third kappa shape index (κ3) is 1.97. The molecule has 4 rings (SSSR count). The van der Waals surface area contributed by atoms with E-state index in [4.69, 9.17) is 4.42 Å². The summed E-state index contributed by atoms with van der Waals surface area (Å²) in [4.78, 5) is 11.3. The highest BCUT2D eigenvalue weighted by Gasteiger charge is 2.40. The fraction of sp³-hybridized carbons (Fsp3) is 0.353. The molecule has 6 heteroatoms. The minimum atomic E-state index is 0.153. The van der Waals surface area contributed by atoms with Crippen LogP contribution in [-0.4, -0.2) is 41.9 Å². The monoisotopic (exact) mass is 308 g/mol. The molecule has 2 aliphatic heterocycles. The number of allylic oxidation sites excluding steroid dienone is 1. The number of rotatable bonds is 1. The first-order chi connectivity index (χ1) is 11.0. The number of hydrogen-bond donors (Lipinski definition) is 0. The van der Waals surface area contributed by atoms with Crippen LogP contribution in [0.1, 0.15) is 25.1 Å². The number of nitrogens with zero attached hydrogens (tertiary/aromatic N) is 4. The lowest BCUT2D eigenvalue weighted by molar-refractivity contribution is 0.272. The largest absolute Gasteiger partial charge is 0.423 e. The van der Waals surface area contributed by atoms with Gasteiger partial charge in [0.05, 0.1) is 6.17 Å². The van der Waals surface area contributed by atoms with Crippen molar-refractivity contribution in [3.05, 3.63) is 41.3 Å². The van der Waals surface area contributed by atoms with Gasteiger partial charge in [-0.15, -0.1) is 0 Å². The van der Waals surface area contributed by atoms with Crippen LogP contribution in [0.2, 0.25) is 0 Å². The maximum Gasteiger partial charge on any atom is 0.410 e. The van der Waals surface area contributed by atoms with Gasteiger partial charge in [-0.25, -0.2) is 4.98 Å². The van der Waals surface area contributed by atoms with E-state index >= 15 is 0 Å². The predicted molar refractivity (Wildman–Crippen MR) is 94.8 cm³/mol. The van der Waals surface area contributed by atoms with Crippen molar-refractivity contribution in [3.8, 4) is 0 Å². The Bertz CT molecular complexity index is 840. The van der Waals surface area contributed by atoms with E-state index in [1.54, 1.807) is 0 Å². The quantitative estimate of drug-likeness (QED) is 0.757. The summed E-state index contributed by atoms with van der Waals surface area (Å²) in [6.45, 7) is 6.53. The van der Waals surface area contributed by atoms with E-state index < -0.39 is 0 Å². The lowest BCUT2D eigenvalue weighted by Crippen LogP contribution is -2.55. The van der Waals surface area contributed by atoms with Crippen LogP contribution in [0.25, 0.3) is 17.2 Å². The van der Waals surface area contributed by atoms with Gasteiger partial charge in [-0.05, 0) is 40.0 Å². The van der Waals surface area contributed by atoms with Gasteiger partial charge in [-0.2, -0.15) is 0 Å². The lowest BCUT2D eigenvalue weighted by Gasteiger charge is -2.39. The molecule has 0 unspecified atom stereocenters. The van der Waals surface area contributed by atoms with Gasteiger partial charge in [0.15, 0.2) is 5.88 Å². The summed E-state index contributed by atoms with van der Waals surface area (Å²) in [7, 11) is 4.19. The third-order valence-electron chi connectivity index (χ3n) is 4.96. The van der Waals surface area contributed by atoms with Gasteiger partial charge < -0.3 is 18.9 Å². The number of fused-ring (bicyclic) bond motifs is 3. The molecule has 0 amide bonds. The van der Waals surface area contributed by atoms with Crippen LogP contribution < -0.4 is 4.81 Å². The Hall–Kier alpha value is -2.37. The van der Waals surface area contributed by atoms with E-state index in [1.807, 2.05) is 13.0 Å². The molecule has 0 spiro atoms. The molecule has 23 heavy (non-hydrogen) atoms. The topological polar surface area (TPSA) is 35.8 Å². The zero-order valence-corrected chi connectivity index (χ0v) is 14.2. The summed E-state index contributed by atoms with van der Waals surface area (Å²) in [5, 5.41) is 1.08. The van der Waals surface area contributed by atoms with Crippen LogP contribution in [0.4, 0.5) is 5.88 Å². The van der Waals surface area contributed by atoms with Crippen molar-refractivity contribution in [2.75, 3.05) is 18.9 Å². The molecular formula is C17H21BN4O. The molecule has 5 nitrogen and oxygen atoms in total. The Morgan fingerprint density at radius 3 is 2.65 bits per heavy atom. The molecule has 1 atom stereocenters. The Kier molecular flexibility index (Phi) is 2.98. The van der Waals surface area contributed by atoms with Crippen LogP contribution in [-0.2, 0) is 0 Å². The molecule has 0 radical (unpaired) electrons. The Labute approximate surface area is 137 Å². The minimum Gasteiger partial charge on any atom is -0.423 e. The van der Waals surface area contributed by atoms with Crippen molar-refractivity contribution in [1.82, 2.24) is 14.7 Å². The van der Waals surface area contributed by atoms with E-state index in [0.717, 1.165) is 22.5 Å². The third-order valence-corrected chi connectivity index (χ3v) is 4.96. The van der Waals surface area contributed by atoms with Crippen LogP contribution in [0.15, 0.2) is 34.4 Å². The summed E-state index contributed by atoms with van der Waals surface area (Å²) < 4.78 is 6.09. The second-order valence-electron chi connectivity index (χ2n) is 6.54. The molecule has 0 N–H and O–H groups in total. The SMILES string of the molecule is CC1=Cc2c(oc3nc(C)ccc23)N(C)B1N1C=CN(C)[C@@H]1C.